The number of amides is 3. The molecule has 2 fully saturated rings. The minimum Gasteiger partial charge on any atom is -0.481 e. The molecule has 0 bridgehead atoms. The topological polar surface area (TPSA) is 125 Å². The van der Waals surface area contributed by atoms with Crippen molar-refractivity contribution < 1.29 is 19.5 Å². The molecule has 21 heavy (non-hydrogen) atoms. The number of nitrogens with two attached hydrogens (primary N) is 1. The third-order valence-electron chi connectivity index (χ3n) is 4.09. The first-order chi connectivity index (χ1) is 9.99. The Kier molecular flexibility index (Phi) is 5.00. The Morgan fingerprint density at radius 3 is 2.76 bits per heavy atom. The first-order valence-corrected chi connectivity index (χ1v) is 7.31. The lowest BCUT2D eigenvalue weighted by molar-refractivity contribution is -0.142. The van der Waals surface area contributed by atoms with Crippen LogP contribution in [0.4, 0.5) is 4.79 Å². The Labute approximate surface area is 123 Å². The second kappa shape index (κ2) is 6.75. The van der Waals surface area contributed by atoms with E-state index in [4.69, 9.17) is 10.8 Å². The molecule has 2 aliphatic rings. The van der Waals surface area contributed by atoms with E-state index >= 15 is 0 Å². The lowest BCUT2D eigenvalue weighted by Crippen LogP contribution is -2.62. The van der Waals surface area contributed by atoms with Crippen molar-refractivity contribution in [2.24, 2.45) is 5.73 Å². The maximum atomic E-state index is 12.3. The van der Waals surface area contributed by atoms with Gasteiger partial charge in [0, 0.05) is 25.2 Å². The van der Waals surface area contributed by atoms with Gasteiger partial charge in [-0.15, -0.1) is 0 Å². The Balaban J connectivity index is 2.01. The highest BCUT2D eigenvalue weighted by molar-refractivity contribution is 5.91. The van der Waals surface area contributed by atoms with E-state index in [0.29, 0.717) is 13.1 Å². The lowest BCUT2D eigenvalue weighted by atomic mass is 9.91. The molecule has 1 aliphatic heterocycles. The number of urea groups is 1. The summed E-state index contributed by atoms with van der Waals surface area (Å²) in [6, 6.07) is -1.56. The van der Waals surface area contributed by atoms with Gasteiger partial charge in [0.1, 0.15) is 6.04 Å². The van der Waals surface area contributed by atoms with Crippen LogP contribution in [0.1, 0.15) is 32.1 Å². The van der Waals surface area contributed by atoms with Gasteiger partial charge in [-0.3, -0.25) is 9.59 Å². The molecule has 5 N–H and O–H groups in total. The molecule has 0 radical (unpaired) electrons. The van der Waals surface area contributed by atoms with Crippen LogP contribution < -0.4 is 16.4 Å². The van der Waals surface area contributed by atoms with Crippen LogP contribution in [0.5, 0.6) is 0 Å². The normalized spacial score (nSPS) is 29.7. The van der Waals surface area contributed by atoms with E-state index in [1.54, 1.807) is 0 Å². The molecule has 0 aromatic heterocycles. The zero-order chi connectivity index (χ0) is 15.4. The van der Waals surface area contributed by atoms with E-state index < -0.39 is 30.4 Å². The van der Waals surface area contributed by atoms with Crippen LogP contribution in [0, 0.1) is 0 Å². The number of aliphatic carboxylic acids is 1. The lowest BCUT2D eigenvalue weighted by Gasteiger charge is -2.37. The van der Waals surface area contributed by atoms with Gasteiger partial charge in [-0.1, -0.05) is 12.8 Å². The van der Waals surface area contributed by atoms with Gasteiger partial charge in [-0.05, 0) is 12.8 Å². The van der Waals surface area contributed by atoms with Crippen LogP contribution >= 0.6 is 0 Å². The second-order valence-corrected chi connectivity index (χ2v) is 5.60. The van der Waals surface area contributed by atoms with Gasteiger partial charge in [-0.2, -0.15) is 0 Å². The van der Waals surface area contributed by atoms with E-state index in [1.807, 2.05) is 0 Å². The van der Waals surface area contributed by atoms with Crippen LogP contribution in [0.2, 0.25) is 0 Å². The predicted molar refractivity (Wildman–Crippen MR) is 74.5 cm³/mol. The zero-order valence-electron chi connectivity index (χ0n) is 11.9. The summed E-state index contributed by atoms with van der Waals surface area (Å²) in [5, 5.41) is 14.3. The van der Waals surface area contributed by atoms with Gasteiger partial charge in [0.2, 0.25) is 5.91 Å². The predicted octanol–water partition coefficient (Wildman–Crippen LogP) is -0.759. The first kappa shape index (κ1) is 15.6. The molecule has 0 aromatic carbocycles. The molecule has 3 unspecified atom stereocenters. The van der Waals surface area contributed by atoms with Crippen molar-refractivity contribution in [1.29, 1.82) is 0 Å². The molecule has 0 aromatic rings. The maximum Gasteiger partial charge on any atom is 0.318 e. The van der Waals surface area contributed by atoms with Gasteiger partial charge >= 0.3 is 12.0 Å². The van der Waals surface area contributed by atoms with Crippen molar-refractivity contribution in [1.82, 2.24) is 15.5 Å². The van der Waals surface area contributed by atoms with Crippen LogP contribution in [0.25, 0.3) is 0 Å². The molecule has 1 aliphatic carbocycles. The number of rotatable bonds is 3. The van der Waals surface area contributed by atoms with Crippen LogP contribution in [0.3, 0.4) is 0 Å². The highest BCUT2D eigenvalue weighted by atomic mass is 16.4. The number of carboxylic acids is 1. The Hall–Kier alpha value is -1.83. The Bertz CT molecular complexity index is 428. The van der Waals surface area contributed by atoms with Gasteiger partial charge < -0.3 is 26.4 Å². The molecule has 3 amide bonds. The van der Waals surface area contributed by atoms with Crippen LogP contribution in [-0.4, -0.2) is 59.1 Å². The first-order valence-electron chi connectivity index (χ1n) is 7.31. The molecule has 8 heteroatoms. The van der Waals surface area contributed by atoms with Gasteiger partial charge in [0.15, 0.2) is 0 Å². The minimum absolute atomic E-state index is 0.0840. The van der Waals surface area contributed by atoms with E-state index in [1.165, 1.54) is 4.90 Å². The molecule has 1 heterocycles. The van der Waals surface area contributed by atoms with E-state index in [9.17, 15) is 14.4 Å². The molecular formula is C13H22N4O4. The van der Waals surface area contributed by atoms with Crippen molar-refractivity contribution in [3.63, 3.8) is 0 Å². The van der Waals surface area contributed by atoms with E-state index in [0.717, 1.165) is 25.7 Å². The van der Waals surface area contributed by atoms with E-state index in [-0.39, 0.29) is 12.1 Å². The highest BCUT2D eigenvalue weighted by Gasteiger charge is 2.36. The summed E-state index contributed by atoms with van der Waals surface area (Å²) < 4.78 is 0. The van der Waals surface area contributed by atoms with Crippen molar-refractivity contribution >= 4 is 17.9 Å². The fraction of sp³-hybridized carbons (Fsp3) is 0.769. The number of carbonyl (C=O) groups excluding carboxylic acids is 2. The molecule has 118 valence electrons. The third-order valence-corrected chi connectivity index (χ3v) is 4.09. The zero-order valence-corrected chi connectivity index (χ0v) is 11.9. The summed E-state index contributed by atoms with van der Waals surface area (Å²) in [6.07, 6.45) is 3.36. The number of nitrogens with one attached hydrogen (secondary N) is 2. The van der Waals surface area contributed by atoms with Gasteiger partial charge in [0.05, 0.1) is 6.42 Å². The van der Waals surface area contributed by atoms with Crippen molar-refractivity contribution in [3.8, 4) is 0 Å². The monoisotopic (exact) mass is 298 g/mol. The summed E-state index contributed by atoms with van der Waals surface area (Å²) in [5.41, 5.74) is 5.99. The number of carbonyl (C=O) groups is 3. The van der Waals surface area contributed by atoms with Crippen molar-refractivity contribution in [2.75, 3.05) is 13.1 Å². The molecule has 2 rings (SSSR count). The largest absolute Gasteiger partial charge is 0.481 e. The summed E-state index contributed by atoms with van der Waals surface area (Å²) in [4.78, 5) is 36.3. The van der Waals surface area contributed by atoms with Crippen molar-refractivity contribution in [3.05, 3.63) is 0 Å². The fourth-order valence-corrected chi connectivity index (χ4v) is 2.91. The number of hydrogen-bond donors (Lipinski definition) is 4. The number of nitrogens with zero attached hydrogens (tertiary/aromatic N) is 1. The minimum atomic E-state index is -1.11. The quantitative estimate of drug-likeness (QED) is 0.545. The Morgan fingerprint density at radius 2 is 2.10 bits per heavy atom. The molecular weight excluding hydrogens is 276 g/mol. The van der Waals surface area contributed by atoms with E-state index in [2.05, 4.69) is 10.6 Å². The summed E-state index contributed by atoms with van der Waals surface area (Å²) in [7, 11) is 0. The van der Waals surface area contributed by atoms with Crippen molar-refractivity contribution in [2.45, 2.75) is 50.2 Å². The molecule has 1 saturated carbocycles. The molecule has 1 saturated heterocycles. The molecule has 0 spiro atoms. The number of piperazine rings is 1. The average Bonchev–Trinajstić information content (AvgIpc) is 2.43. The fourth-order valence-electron chi connectivity index (χ4n) is 2.91. The Morgan fingerprint density at radius 1 is 1.38 bits per heavy atom. The summed E-state index contributed by atoms with van der Waals surface area (Å²) in [5.74, 6) is -1.53. The van der Waals surface area contributed by atoms with Gasteiger partial charge in [0.25, 0.3) is 0 Å². The van der Waals surface area contributed by atoms with Crippen LogP contribution in [0.15, 0.2) is 0 Å². The smallest absolute Gasteiger partial charge is 0.318 e. The highest BCUT2D eigenvalue weighted by Crippen LogP contribution is 2.18. The second-order valence-electron chi connectivity index (χ2n) is 5.60. The SMILES string of the molecule is NC1CCCCC1NC(=O)N1CCNC(=O)C1CC(=O)O. The maximum absolute atomic E-state index is 12.3. The summed E-state index contributed by atoms with van der Waals surface area (Å²) >= 11 is 0. The van der Waals surface area contributed by atoms with Gasteiger partial charge in [-0.25, -0.2) is 4.79 Å². The third kappa shape index (κ3) is 3.84. The molecule has 3 atom stereocenters. The molecule has 8 nitrogen and oxygen atoms in total. The van der Waals surface area contributed by atoms with Crippen LogP contribution in [-0.2, 0) is 9.59 Å². The average molecular weight is 298 g/mol. The number of hydrogen-bond acceptors (Lipinski definition) is 4. The standard InChI is InChI=1S/C13H22N4O4/c14-8-3-1-2-4-9(8)16-13(21)17-6-5-15-12(20)10(17)7-11(18)19/h8-10H,1-7,14H2,(H,15,20)(H,16,21)(H,18,19). The number of carboxylic acid groups (broad SMARTS) is 1. The summed E-state index contributed by atoms with van der Waals surface area (Å²) in [6.45, 7) is 0.635.